The second-order valence-electron chi connectivity index (χ2n) is 2.16. The summed E-state index contributed by atoms with van der Waals surface area (Å²) in [5.41, 5.74) is 0.597. The van der Waals surface area contributed by atoms with Crippen LogP contribution in [-0.4, -0.2) is 12.1 Å². The standard InChI is InChI=1S/C9H8O2.Cr/c10-7-6-9(11)8-4-2-1-3-5-8;/h1-5,7H,6H2;. The van der Waals surface area contributed by atoms with Crippen LogP contribution < -0.4 is 0 Å². The Hall–Kier alpha value is -0.908. The summed E-state index contributed by atoms with van der Waals surface area (Å²) in [6.45, 7) is 0. The summed E-state index contributed by atoms with van der Waals surface area (Å²) in [6.07, 6.45) is 0.597. The molecule has 12 heavy (non-hydrogen) atoms. The Kier molecular flexibility index (Phi) is 5.27. The molecule has 0 fully saturated rings. The van der Waals surface area contributed by atoms with Crippen molar-refractivity contribution in [3.8, 4) is 0 Å². The average molecular weight is 200 g/mol. The molecule has 0 atom stereocenters. The molecule has 0 spiro atoms. The van der Waals surface area contributed by atoms with Crippen molar-refractivity contribution in [2.75, 3.05) is 0 Å². The predicted octanol–water partition coefficient (Wildman–Crippen LogP) is 1.46. The van der Waals surface area contributed by atoms with E-state index in [0.29, 0.717) is 11.8 Å². The summed E-state index contributed by atoms with van der Waals surface area (Å²) in [5, 5.41) is 0. The second kappa shape index (κ2) is 5.71. The van der Waals surface area contributed by atoms with Crippen molar-refractivity contribution in [3.63, 3.8) is 0 Å². The first-order valence-electron chi connectivity index (χ1n) is 3.36. The van der Waals surface area contributed by atoms with Gasteiger partial charge >= 0.3 is 0 Å². The van der Waals surface area contributed by atoms with Gasteiger partial charge < -0.3 is 4.79 Å². The molecule has 0 aliphatic rings. The van der Waals surface area contributed by atoms with Gasteiger partial charge in [0.1, 0.15) is 6.29 Å². The van der Waals surface area contributed by atoms with E-state index in [0.717, 1.165) is 0 Å². The van der Waals surface area contributed by atoms with Gasteiger partial charge in [-0.05, 0) is 0 Å². The van der Waals surface area contributed by atoms with E-state index in [1.54, 1.807) is 24.3 Å². The van der Waals surface area contributed by atoms with Gasteiger partial charge in [0.05, 0.1) is 6.42 Å². The van der Waals surface area contributed by atoms with Gasteiger partial charge in [-0.3, -0.25) is 4.79 Å². The Bertz CT molecular complexity index is 256. The van der Waals surface area contributed by atoms with Crippen LogP contribution in [-0.2, 0) is 22.2 Å². The third kappa shape index (κ3) is 3.00. The van der Waals surface area contributed by atoms with Crippen LogP contribution >= 0.6 is 0 Å². The number of benzene rings is 1. The molecule has 0 aliphatic carbocycles. The van der Waals surface area contributed by atoms with Crippen molar-refractivity contribution in [1.82, 2.24) is 0 Å². The van der Waals surface area contributed by atoms with Crippen LogP contribution in [0, 0.1) is 0 Å². The molecule has 1 rings (SSSR count). The van der Waals surface area contributed by atoms with E-state index in [1.807, 2.05) is 6.07 Å². The largest absolute Gasteiger partial charge is 0.303 e. The van der Waals surface area contributed by atoms with Crippen molar-refractivity contribution in [1.29, 1.82) is 0 Å². The summed E-state index contributed by atoms with van der Waals surface area (Å²) >= 11 is 0. The van der Waals surface area contributed by atoms with Crippen molar-refractivity contribution >= 4 is 12.1 Å². The molecule has 0 N–H and O–H groups in total. The molecule has 0 heterocycles. The first-order valence-corrected chi connectivity index (χ1v) is 3.36. The molecule has 0 saturated carbocycles. The van der Waals surface area contributed by atoms with E-state index in [4.69, 9.17) is 0 Å². The molecule has 3 heteroatoms. The summed E-state index contributed by atoms with van der Waals surface area (Å²) < 4.78 is 0. The molecular weight excluding hydrogens is 192 g/mol. The molecule has 0 aromatic heterocycles. The number of rotatable bonds is 3. The van der Waals surface area contributed by atoms with E-state index in [2.05, 4.69) is 0 Å². The molecular formula is C9H8CrO2. The monoisotopic (exact) mass is 200 g/mol. The normalized spacial score (nSPS) is 8.33. The Labute approximate surface area is 81.7 Å². The first kappa shape index (κ1) is 11.1. The van der Waals surface area contributed by atoms with E-state index in [9.17, 15) is 9.59 Å². The summed E-state index contributed by atoms with van der Waals surface area (Å²) in [7, 11) is 0. The zero-order valence-corrected chi connectivity index (χ0v) is 7.67. The van der Waals surface area contributed by atoms with E-state index in [-0.39, 0.29) is 29.6 Å². The second-order valence-corrected chi connectivity index (χ2v) is 2.16. The number of carbonyl (C=O) groups is 2. The Morgan fingerprint density at radius 2 is 1.83 bits per heavy atom. The molecule has 0 bridgehead atoms. The Morgan fingerprint density at radius 1 is 1.25 bits per heavy atom. The quantitative estimate of drug-likeness (QED) is 0.420. The molecule has 0 unspecified atom stereocenters. The molecule has 0 radical (unpaired) electrons. The van der Waals surface area contributed by atoms with Gasteiger partial charge in [-0.15, -0.1) is 0 Å². The van der Waals surface area contributed by atoms with Gasteiger partial charge in [-0.1, -0.05) is 30.3 Å². The van der Waals surface area contributed by atoms with Crippen LogP contribution in [0.3, 0.4) is 0 Å². The first-order chi connectivity index (χ1) is 5.34. The number of carbonyl (C=O) groups excluding carboxylic acids is 2. The third-order valence-corrected chi connectivity index (χ3v) is 1.36. The molecule has 1 aromatic carbocycles. The molecule has 0 amide bonds. The smallest absolute Gasteiger partial charge is 0.169 e. The fourth-order valence-electron chi connectivity index (χ4n) is 0.818. The minimum atomic E-state index is -0.124. The molecule has 62 valence electrons. The van der Waals surface area contributed by atoms with E-state index < -0.39 is 0 Å². The Morgan fingerprint density at radius 3 is 2.33 bits per heavy atom. The van der Waals surface area contributed by atoms with Gasteiger partial charge in [0.2, 0.25) is 0 Å². The van der Waals surface area contributed by atoms with Gasteiger partial charge in [0.25, 0.3) is 0 Å². The summed E-state index contributed by atoms with van der Waals surface area (Å²) in [5.74, 6) is -0.124. The maximum atomic E-state index is 11.0. The number of hydrogen-bond acceptors (Lipinski definition) is 2. The van der Waals surface area contributed by atoms with Crippen LogP contribution in [0.25, 0.3) is 0 Å². The maximum Gasteiger partial charge on any atom is 0.169 e. The van der Waals surface area contributed by atoms with Crippen LogP contribution in [0.2, 0.25) is 0 Å². The van der Waals surface area contributed by atoms with Crippen LogP contribution in [0.1, 0.15) is 16.8 Å². The van der Waals surface area contributed by atoms with Crippen molar-refractivity contribution in [2.24, 2.45) is 0 Å². The average Bonchev–Trinajstić information content (AvgIpc) is 2.07. The molecule has 1 aromatic rings. The molecule has 2 nitrogen and oxygen atoms in total. The third-order valence-electron chi connectivity index (χ3n) is 1.36. The summed E-state index contributed by atoms with van der Waals surface area (Å²) in [4.78, 5) is 21.0. The van der Waals surface area contributed by atoms with Crippen molar-refractivity contribution in [3.05, 3.63) is 35.9 Å². The van der Waals surface area contributed by atoms with Gasteiger partial charge in [-0.2, -0.15) is 0 Å². The zero-order chi connectivity index (χ0) is 8.10. The fraction of sp³-hybridized carbons (Fsp3) is 0.111. The van der Waals surface area contributed by atoms with Crippen LogP contribution in [0.4, 0.5) is 0 Å². The fourth-order valence-corrected chi connectivity index (χ4v) is 0.818. The van der Waals surface area contributed by atoms with Crippen molar-refractivity contribution < 1.29 is 27.0 Å². The number of Topliss-reactive ketones (excluding diaryl/α,β-unsaturated/α-hetero) is 1. The number of aldehydes is 1. The van der Waals surface area contributed by atoms with E-state index >= 15 is 0 Å². The van der Waals surface area contributed by atoms with Gasteiger partial charge in [-0.25, -0.2) is 0 Å². The van der Waals surface area contributed by atoms with Crippen molar-refractivity contribution in [2.45, 2.75) is 6.42 Å². The Balaban J connectivity index is 0.00000121. The van der Waals surface area contributed by atoms with Crippen LogP contribution in [0.15, 0.2) is 30.3 Å². The summed E-state index contributed by atoms with van der Waals surface area (Å²) in [6, 6.07) is 8.78. The molecule has 0 saturated heterocycles. The maximum absolute atomic E-state index is 11.0. The SMILES string of the molecule is O=CCC(=O)c1ccccc1.[Cr]. The van der Waals surface area contributed by atoms with Gasteiger partial charge in [0.15, 0.2) is 5.78 Å². The van der Waals surface area contributed by atoms with Crippen LogP contribution in [0.5, 0.6) is 0 Å². The van der Waals surface area contributed by atoms with Gasteiger partial charge in [0, 0.05) is 22.9 Å². The molecule has 0 aliphatic heterocycles. The minimum absolute atomic E-state index is 0. The van der Waals surface area contributed by atoms with E-state index in [1.165, 1.54) is 0 Å². The topological polar surface area (TPSA) is 34.1 Å². The number of hydrogen-bond donors (Lipinski definition) is 0. The minimum Gasteiger partial charge on any atom is -0.303 e. The number of ketones is 1. The predicted molar refractivity (Wildman–Crippen MR) is 41.5 cm³/mol. The zero-order valence-electron chi connectivity index (χ0n) is 6.40.